The Balaban J connectivity index is 1.83. The minimum absolute atomic E-state index is 0.0390. The second kappa shape index (κ2) is 14.4. The Labute approximate surface area is 266 Å². The van der Waals surface area contributed by atoms with Crippen molar-refractivity contribution in [2.24, 2.45) is 0 Å². The lowest BCUT2D eigenvalue weighted by Crippen LogP contribution is -2.56. The zero-order valence-corrected chi connectivity index (χ0v) is 27.3. The molecule has 2 amide bonds. The molecule has 0 aliphatic carbocycles. The molecule has 0 spiro atoms. The van der Waals surface area contributed by atoms with E-state index in [9.17, 15) is 18.0 Å². The van der Waals surface area contributed by atoms with Crippen LogP contribution >= 0.6 is 0 Å². The normalized spacial score (nSPS) is 12.2. The molecule has 8 nitrogen and oxygen atoms in total. The van der Waals surface area contributed by atoms with Gasteiger partial charge < -0.3 is 15.0 Å². The van der Waals surface area contributed by atoms with Gasteiger partial charge >= 0.3 is 0 Å². The summed E-state index contributed by atoms with van der Waals surface area (Å²) in [5, 5.41) is 3.05. The number of aryl methyl sites for hydroxylation is 1. The number of methoxy groups -OCH3 is 1. The van der Waals surface area contributed by atoms with Crippen molar-refractivity contribution in [3.8, 4) is 5.75 Å². The summed E-state index contributed by atoms with van der Waals surface area (Å²) < 4.78 is 34.7. The fourth-order valence-electron chi connectivity index (χ4n) is 5.03. The lowest BCUT2D eigenvalue weighted by Gasteiger charge is -2.35. The van der Waals surface area contributed by atoms with Gasteiger partial charge in [0.2, 0.25) is 11.8 Å². The van der Waals surface area contributed by atoms with Crippen LogP contribution in [-0.2, 0) is 32.6 Å². The van der Waals surface area contributed by atoms with Gasteiger partial charge in [0.05, 0.1) is 17.7 Å². The number of hydrogen-bond donors (Lipinski definition) is 1. The van der Waals surface area contributed by atoms with Crippen LogP contribution in [0.15, 0.2) is 114 Å². The number of nitrogens with one attached hydrogen (secondary N) is 1. The molecule has 1 unspecified atom stereocenters. The quantitative estimate of drug-likeness (QED) is 0.216. The molecule has 4 aromatic carbocycles. The minimum atomic E-state index is -4.19. The van der Waals surface area contributed by atoms with E-state index in [1.807, 2.05) is 82.3 Å². The summed E-state index contributed by atoms with van der Waals surface area (Å²) in [4.78, 5) is 30.1. The Kier molecular flexibility index (Phi) is 10.7. The van der Waals surface area contributed by atoms with Crippen LogP contribution < -0.4 is 14.4 Å². The maximum Gasteiger partial charge on any atom is 0.264 e. The van der Waals surface area contributed by atoms with Crippen molar-refractivity contribution in [1.82, 2.24) is 10.2 Å². The summed E-state index contributed by atoms with van der Waals surface area (Å²) in [5.74, 6) is -0.411. The maximum atomic E-state index is 14.6. The predicted octanol–water partition coefficient (Wildman–Crippen LogP) is 5.75. The highest BCUT2D eigenvalue weighted by Crippen LogP contribution is 2.28. The molecule has 0 fully saturated rings. The number of carbonyl (C=O) groups is 2. The van der Waals surface area contributed by atoms with Crippen LogP contribution in [0.5, 0.6) is 5.75 Å². The Morgan fingerprint density at radius 3 is 2.07 bits per heavy atom. The van der Waals surface area contributed by atoms with Gasteiger partial charge in [-0.2, -0.15) is 0 Å². The molecule has 0 heterocycles. The van der Waals surface area contributed by atoms with Crippen LogP contribution in [-0.4, -0.2) is 50.4 Å². The van der Waals surface area contributed by atoms with Crippen molar-refractivity contribution in [2.45, 2.75) is 57.1 Å². The van der Waals surface area contributed by atoms with E-state index in [4.69, 9.17) is 4.74 Å². The average Bonchev–Trinajstić information content (AvgIpc) is 3.01. The molecular weight excluding hydrogens is 586 g/mol. The SMILES string of the molecule is COc1cccc(N(CC(=O)N(Cc2cccc(C)c2)C(Cc2ccccc2)C(=O)NC(C)(C)C)S(=O)(=O)c2ccccc2)c1. The lowest BCUT2D eigenvalue weighted by atomic mass is 10.0. The number of carbonyl (C=O) groups excluding carboxylic acids is 2. The van der Waals surface area contributed by atoms with Crippen molar-refractivity contribution >= 4 is 27.5 Å². The highest BCUT2D eigenvalue weighted by molar-refractivity contribution is 7.92. The monoisotopic (exact) mass is 627 g/mol. The molecule has 0 bridgehead atoms. The highest BCUT2D eigenvalue weighted by Gasteiger charge is 2.35. The zero-order chi connectivity index (χ0) is 32.6. The molecule has 4 aromatic rings. The van der Waals surface area contributed by atoms with Crippen LogP contribution in [0.1, 0.15) is 37.5 Å². The molecule has 0 aliphatic rings. The van der Waals surface area contributed by atoms with Crippen LogP contribution in [0.4, 0.5) is 5.69 Å². The molecule has 9 heteroatoms. The molecule has 0 aromatic heterocycles. The van der Waals surface area contributed by atoms with E-state index in [0.717, 1.165) is 21.0 Å². The number of sulfonamides is 1. The van der Waals surface area contributed by atoms with E-state index in [1.165, 1.54) is 24.1 Å². The van der Waals surface area contributed by atoms with Gasteiger partial charge in [0.1, 0.15) is 18.3 Å². The van der Waals surface area contributed by atoms with Gasteiger partial charge in [-0.15, -0.1) is 0 Å². The summed E-state index contributed by atoms with van der Waals surface area (Å²) in [6.45, 7) is 7.17. The second-order valence-corrected chi connectivity index (χ2v) is 13.8. The Hall–Kier alpha value is -4.63. The number of benzene rings is 4. The molecule has 236 valence electrons. The van der Waals surface area contributed by atoms with Gasteiger partial charge in [-0.3, -0.25) is 13.9 Å². The topological polar surface area (TPSA) is 96.0 Å². The average molecular weight is 628 g/mol. The molecule has 4 rings (SSSR count). The molecular formula is C36H41N3O5S. The summed E-state index contributed by atoms with van der Waals surface area (Å²) in [5.41, 5.74) is 2.40. The maximum absolute atomic E-state index is 14.6. The molecule has 0 aliphatic heterocycles. The molecule has 0 saturated carbocycles. The van der Waals surface area contributed by atoms with Crippen LogP contribution in [0.25, 0.3) is 0 Å². The number of rotatable bonds is 12. The largest absolute Gasteiger partial charge is 0.497 e. The van der Waals surface area contributed by atoms with Crippen molar-refractivity contribution in [1.29, 1.82) is 0 Å². The fourth-order valence-corrected chi connectivity index (χ4v) is 6.46. The standard InChI is InChI=1S/C36H41N3O5S/c1-27-14-12-17-29(22-27)25-38(33(35(41)37-36(2,3)4)23-28-15-8-6-9-16-28)34(40)26-39(30-18-13-19-31(24-30)44-5)45(42,43)32-20-10-7-11-21-32/h6-22,24,33H,23,25-26H2,1-5H3,(H,37,41). The van der Waals surface area contributed by atoms with Gasteiger partial charge in [-0.25, -0.2) is 8.42 Å². The zero-order valence-electron chi connectivity index (χ0n) is 26.4. The lowest BCUT2D eigenvalue weighted by molar-refractivity contribution is -0.140. The Morgan fingerprint density at radius 1 is 0.822 bits per heavy atom. The second-order valence-electron chi connectivity index (χ2n) is 12.0. The van der Waals surface area contributed by atoms with Crippen LogP contribution in [0.3, 0.4) is 0 Å². The molecule has 0 saturated heterocycles. The van der Waals surface area contributed by atoms with Crippen molar-refractivity contribution in [3.05, 3.63) is 126 Å². The van der Waals surface area contributed by atoms with Crippen molar-refractivity contribution in [2.75, 3.05) is 18.0 Å². The van der Waals surface area contributed by atoms with E-state index >= 15 is 0 Å². The van der Waals surface area contributed by atoms with Crippen molar-refractivity contribution in [3.63, 3.8) is 0 Å². The van der Waals surface area contributed by atoms with Crippen LogP contribution in [0, 0.1) is 6.92 Å². The molecule has 1 N–H and O–H groups in total. The molecule has 0 radical (unpaired) electrons. The van der Waals surface area contributed by atoms with Gasteiger partial charge in [-0.1, -0.05) is 84.4 Å². The third-order valence-electron chi connectivity index (χ3n) is 7.16. The summed E-state index contributed by atoms with van der Waals surface area (Å²) in [6.07, 6.45) is 0.241. The van der Waals surface area contributed by atoms with Crippen LogP contribution in [0.2, 0.25) is 0 Å². The first-order valence-corrected chi connectivity index (χ1v) is 16.2. The molecule has 45 heavy (non-hydrogen) atoms. The van der Waals surface area contributed by atoms with E-state index in [0.29, 0.717) is 5.75 Å². The van der Waals surface area contributed by atoms with Gasteiger partial charge in [0.25, 0.3) is 10.0 Å². The number of anilines is 1. The van der Waals surface area contributed by atoms with E-state index in [1.54, 1.807) is 42.5 Å². The number of ether oxygens (including phenoxy) is 1. The van der Waals surface area contributed by atoms with Gasteiger partial charge in [0, 0.05) is 24.6 Å². The highest BCUT2D eigenvalue weighted by atomic mass is 32.2. The van der Waals surface area contributed by atoms with Crippen molar-refractivity contribution < 1.29 is 22.7 Å². The van der Waals surface area contributed by atoms with E-state index in [2.05, 4.69) is 5.32 Å². The minimum Gasteiger partial charge on any atom is -0.497 e. The number of nitrogens with zero attached hydrogens (tertiary/aromatic N) is 2. The predicted molar refractivity (Wildman–Crippen MR) is 178 cm³/mol. The first kappa shape index (κ1) is 33.3. The van der Waals surface area contributed by atoms with E-state index < -0.39 is 34.1 Å². The fraction of sp³-hybridized carbons (Fsp3) is 0.278. The number of amides is 2. The first-order chi connectivity index (χ1) is 21.4. The van der Waals surface area contributed by atoms with Gasteiger partial charge in [0.15, 0.2) is 0 Å². The number of hydrogen-bond acceptors (Lipinski definition) is 5. The smallest absolute Gasteiger partial charge is 0.264 e. The summed E-state index contributed by atoms with van der Waals surface area (Å²) in [7, 11) is -2.70. The molecule has 1 atom stereocenters. The van der Waals surface area contributed by atoms with E-state index in [-0.39, 0.29) is 29.5 Å². The van der Waals surface area contributed by atoms with Gasteiger partial charge in [-0.05, 0) is 63.1 Å². The first-order valence-electron chi connectivity index (χ1n) is 14.8. The third kappa shape index (κ3) is 8.95. The third-order valence-corrected chi connectivity index (χ3v) is 8.94. The summed E-state index contributed by atoms with van der Waals surface area (Å²) >= 11 is 0. The Morgan fingerprint density at radius 2 is 1.44 bits per heavy atom. The summed E-state index contributed by atoms with van der Waals surface area (Å²) in [6, 6.07) is 30.8. The Bertz CT molecular complexity index is 1700.